The molecule has 0 aliphatic carbocycles. The van der Waals surface area contributed by atoms with Crippen LogP contribution in [0.4, 0.5) is 11.8 Å². The second-order valence-electron chi connectivity index (χ2n) is 14.1. The molecule has 1 amide bonds. The van der Waals surface area contributed by atoms with Gasteiger partial charge in [-0.2, -0.15) is 4.98 Å². The first-order valence-electron chi connectivity index (χ1n) is 16.6. The van der Waals surface area contributed by atoms with Gasteiger partial charge in [-0.1, -0.05) is 51.1 Å². The minimum atomic E-state index is -4.17. The number of sulfonamides is 1. The SMILES string of the molecule is Cc1cccc(C)c1-c1cc2nc(n1)NS(=O)(=O)c1cccc(c1)C(=O)N(Cc1cccc(N(C)C3CCOC3)n1)[C@H](CC(C)(C)C)CO2. The summed E-state index contributed by atoms with van der Waals surface area (Å²) in [7, 11) is -2.16. The second-order valence-corrected chi connectivity index (χ2v) is 15.8. The fourth-order valence-corrected chi connectivity index (χ4v) is 7.48. The Kier molecular flexibility index (Phi) is 9.63. The number of benzene rings is 2. The molecule has 1 fully saturated rings. The average molecular weight is 685 g/mol. The minimum absolute atomic E-state index is 0.0750. The van der Waals surface area contributed by atoms with Gasteiger partial charge in [0.25, 0.3) is 15.9 Å². The van der Waals surface area contributed by atoms with Crippen LogP contribution >= 0.6 is 0 Å². The number of anilines is 2. The third-order valence-corrected chi connectivity index (χ3v) is 10.3. The minimum Gasteiger partial charge on any atom is -0.475 e. The first-order valence-corrected chi connectivity index (χ1v) is 18.0. The van der Waals surface area contributed by atoms with E-state index in [9.17, 15) is 13.2 Å². The molecule has 2 aliphatic heterocycles. The Morgan fingerprint density at radius 2 is 1.69 bits per heavy atom. The van der Waals surface area contributed by atoms with Crippen LogP contribution in [0.15, 0.2) is 71.6 Å². The van der Waals surface area contributed by atoms with Crippen molar-refractivity contribution in [1.82, 2.24) is 19.9 Å². The molecule has 4 aromatic rings. The smallest absolute Gasteiger partial charge is 0.264 e. The van der Waals surface area contributed by atoms with Crippen molar-refractivity contribution < 1.29 is 22.7 Å². The number of nitrogens with one attached hydrogen (secondary N) is 1. The largest absolute Gasteiger partial charge is 0.475 e. The third-order valence-electron chi connectivity index (χ3n) is 8.97. The van der Waals surface area contributed by atoms with Crippen LogP contribution in [0.25, 0.3) is 11.3 Å². The lowest BCUT2D eigenvalue weighted by Crippen LogP contribution is -2.45. The number of likely N-dealkylation sites (N-methyl/N-ethyl adjacent to an activating group) is 1. The van der Waals surface area contributed by atoms with E-state index >= 15 is 0 Å². The highest BCUT2D eigenvalue weighted by Crippen LogP contribution is 2.32. The summed E-state index contributed by atoms with van der Waals surface area (Å²) < 4.78 is 42.0. The molecule has 0 radical (unpaired) electrons. The second kappa shape index (κ2) is 13.8. The van der Waals surface area contributed by atoms with Crippen molar-refractivity contribution in [2.45, 2.75) is 71.0 Å². The van der Waals surface area contributed by atoms with Gasteiger partial charge in [0.05, 0.1) is 41.5 Å². The van der Waals surface area contributed by atoms with Gasteiger partial charge in [-0.15, -0.1) is 0 Å². The van der Waals surface area contributed by atoms with Gasteiger partial charge >= 0.3 is 0 Å². The number of aromatic nitrogens is 3. The van der Waals surface area contributed by atoms with Crippen LogP contribution in [-0.4, -0.2) is 73.1 Å². The fraction of sp³-hybridized carbons (Fsp3) is 0.405. The van der Waals surface area contributed by atoms with E-state index in [0.29, 0.717) is 24.4 Å². The number of hydrogen-bond donors (Lipinski definition) is 1. The topological polar surface area (TPSA) is 127 Å². The predicted molar refractivity (Wildman–Crippen MR) is 189 cm³/mol. The third kappa shape index (κ3) is 7.86. The van der Waals surface area contributed by atoms with Crippen molar-refractivity contribution in [3.05, 3.63) is 89.1 Å². The van der Waals surface area contributed by atoms with E-state index in [1.807, 2.05) is 57.3 Å². The van der Waals surface area contributed by atoms with Gasteiger partial charge in [-0.3, -0.25) is 4.79 Å². The van der Waals surface area contributed by atoms with E-state index in [0.717, 1.165) is 35.5 Å². The van der Waals surface area contributed by atoms with Crippen LogP contribution in [0.2, 0.25) is 0 Å². The van der Waals surface area contributed by atoms with Crippen LogP contribution in [0.5, 0.6) is 5.88 Å². The maximum atomic E-state index is 14.5. The van der Waals surface area contributed by atoms with Crippen molar-refractivity contribution in [2.75, 3.05) is 36.5 Å². The van der Waals surface area contributed by atoms with Gasteiger partial charge in [0.15, 0.2) is 0 Å². The van der Waals surface area contributed by atoms with Crippen molar-refractivity contribution in [3.8, 4) is 17.1 Å². The Morgan fingerprint density at radius 3 is 2.41 bits per heavy atom. The van der Waals surface area contributed by atoms with Crippen LogP contribution < -0.4 is 14.4 Å². The first-order chi connectivity index (χ1) is 23.3. The molecule has 0 spiro atoms. The Bertz CT molecular complexity index is 1930. The fourth-order valence-electron chi connectivity index (χ4n) is 6.49. The summed E-state index contributed by atoms with van der Waals surface area (Å²) in [6, 6.07) is 19.3. The summed E-state index contributed by atoms with van der Waals surface area (Å²) in [5.74, 6) is 0.547. The monoisotopic (exact) mass is 684 g/mol. The summed E-state index contributed by atoms with van der Waals surface area (Å²) >= 11 is 0. The molecule has 258 valence electrons. The van der Waals surface area contributed by atoms with Crippen molar-refractivity contribution in [2.24, 2.45) is 5.41 Å². The zero-order valence-electron chi connectivity index (χ0n) is 28.9. The molecule has 4 heterocycles. The Hall–Kier alpha value is -4.55. The number of rotatable bonds is 6. The Morgan fingerprint density at radius 1 is 0.959 bits per heavy atom. The van der Waals surface area contributed by atoms with Gasteiger partial charge in [0.2, 0.25) is 11.8 Å². The molecule has 49 heavy (non-hydrogen) atoms. The zero-order chi connectivity index (χ0) is 34.9. The maximum absolute atomic E-state index is 14.5. The summed E-state index contributed by atoms with van der Waals surface area (Å²) in [4.78, 5) is 32.4. The number of aryl methyl sites for hydroxylation is 2. The van der Waals surface area contributed by atoms with E-state index in [-0.39, 0.29) is 52.8 Å². The number of carbonyl (C=O) groups excluding carboxylic acids is 1. The summed E-state index contributed by atoms with van der Waals surface area (Å²) in [5.41, 5.74) is 4.10. The molecule has 4 bridgehead atoms. The number of carbonyl (C=O) groups is 1. The predicted octanol–water partition coefficient (Wildman–Crippen LogP) is 6.02. The Labute approximate surface area is 288 Å². The zero-order valence-corrected chi connectivity index (χ0v) is 29.8. The molecule has 12 heteroatoms. The van der Waals surface area contributed by atoms with Crippen molar-refractivity contribution >= 4 is 27.7 Å². The molecule has 6 rings (SSSR count). The molecular formula is C37H44N6O5S. The molecule has 2 aromatic carbocycles. The van der Waals surface area contributed by atoms with Crippen molar-refractivity contribution in [1.29, 1.82) is 0 Å². The normalized spacial score (nSPS) is 19.2. The van der Waals surface area contributed by atoms with E-state index in [4.69, 9.17) is 14.5 Å². The Balaban J connectivity index is 1.45. The molecule has 11 nitrogen and oxygen atoms in total. The molecule has 2 aliphatic rings. The molecular weight excluding hydrogens is 641 g/mol. The maximum Gasteiger partial charge on any atom is 0.264 e. The number of ether oxygens (including phenoxy) is 2. The van der Waals surface area contributed by atoms with E-state index in [1.165, 1.54) is 12.1 Å². The van der Waals surface area contributed by atoms with E-state index in [1.54, 1.807) is 23.1 Å². The quantitative estimate of drug-likeness (QED) is 0.259. The van der Waals surface area contributed by atoms with Crippen molar-refractivity contribution in [3.63, 3.8) is 0 Å². The van der Waals surface area contributed by atoms with Gasteiger partial charge < -0.3 is 19.3 Å². The van der Waals surface area contributed by atoms with E-state index in [2.05, 4.69) is 40.4 Å². The number of hydrogen-bond acceptors (Lipinski definition) is 9. The van der Waals surface area contributed by atoms with Crippen LogP contribution in [0.3, 0.4) is 0 Å². The standard InChI is InChI=1S/C37H44N6O5S/c1-24-10-7-11-25(2)34(24)31-19-33-40-36(39-31)41-49(45,46)30-14-8-12-26(18-30)35(44)43(29(23-48-33)20-37(3,4)5)21-27-13-9-15-32(38-27)42(6)28-16-17-47-22-28/h7-15,18-19,28-29H,16-17,20-23H2,1-6H3,(H,39,40,41)/t28?,29-/m1/s1. The molecule has 1 N–H and O–H groups in total. The number of nitrogens with zero attached hydrogens (tertiary/aromatic N) is 5. The van der Waals surface area contributed by atoms with Gasteiger partial charge in [-0.05, 0) is 73.6 Å². The number of fused-ring (bicyclic) bond motifs is 4. The average Bonchev–Trinajstić information content (AvgIpc) is 3.59. The molecule has 1 saturated heterocycles. The van der Waals surface area contributed by atoms with Gasteiger partial charge in [0, 0.05) is 30.8 Å². The van der Waals surface area contributed by atoms with Crippen LogP contribution in [0, 0.1) is 19.3 Å². The summed E-state index contributed by atoms with van der Waals surface area (Å²) in [6.45, 7) is 12.0. The lowest BCUT2D eigenvalue weighted by atomic mass is 9.87. The number of amides is 1. The van der Waals surface area contributed by atoms with E-state index < -0.39 is 16.1 Å². The summed E-state index contributed by atoms with van der Waals surface area (Å²) in [6.07, 6.45) is 1.51. The summed E-state index contributed by atoms with van der Waals surface area (Å²) in [5, 5.41) is 0. The highest BCUT2D eigenvalue weighted by atomic mass is 32.2. The molecule has 2 atom stereocenters. The molecule has 0 saturated carbocycles. The van der Waals surface area contributed by atoms with Crippen LogP contribution in [-0.2, 0) is 21.3 Å². The van der Waals surface area contributed by atoms with Crippen LogP contribution in [0.1, 0.15) is 60.8 Å². The highest BCUT2D eigenvalue weighted by Gasteiger charge is 2.32. The highest BCUT2D eigenvalue weighted by molar-refractivity contribution is 7.92. The lowest BCUT2D eigenvalue weighted by molar-refractivity contribution is 0.0509. The molecule has 2 aromatic heterocycles. The lowest BCUT2D eigenvalue weighted by Gasteiger charge is -2.36. The van der Waals surface area contributed by atoms with Gasteiger partial charge in [0.1, 0.15) is 12.4 Å². The van der Waals surface area contributed by atoms with Gasteiger partial charge in [-0.25, -0.2) is 23.1 Å². The number of pyridine rings is 1. The first kappa shape index (κ1) is 34.3. The molecule has 1 unspecified atom stereocenters.